The minimum absolute atomic E-state index is 0. The van der Waals surface area contributed by atoms with Gasteiger partial charge < -0.3 is 15.2 Å². The van der Waals surface area contributed by atoms with E-state index in [-0.39, 0.29) is 12.4 Å². The van der Waals surface area contributed by atoms with Gasteiger partial charge in [-0.25, -0.2) is 0 Å². The van der Waals surface area contributed by atoms with E-state index in [0.717, 1.165) is 6.54 Å². The van der Waals surface area contributed by atoms with Gasteiger partial charge in [0.25, 0.3) is 0 Å². The lowest BCUT2D eigenvalue weighted by atomic mass is 10.4. The summed E-state index contributed by atoms with van der Waals surface area (Å²) in [7, 11) is 1.88. The molecule has 0 fully saturated rings. The number of hydrogen-bond acceptors (Lipinski definition) is 4. The summed E-state index contributed by atoms with van der Waals surface area (Å²) < 4.78 is 5.30. The highest BCUT2D eigenvalue weighted by Crippen LogP contribution is 2.17. The van der Waals surface area contributed by atoms with Gasteiger partial charge in [-0.15, -0.1) is 24.2 Å². The third-order valence-corrected chi connectivity index (χ3v) is 3.15. The van der Waals surface area contributed by atoms with Crippen LogP contribution >= 0.6 is 24.2 Å². The number of thioether (sulfide) groups is 1. The fourth-order valence-corrected chi connectivity index (χ4v) is 1.98. The van der Waals surface area contributed by atoms with Crippen LogP contribution < -0.4 is 5.32 Å². The quantitative estimate of drug-likeness (QED) is 0.562. The maximum absolute atomic E-state index is 9.64. The summed E-state index contributed by atoms with van der Waals surface area (Å²) in [6, 6.07) is 10.1. The molecular weight excluding hydrogens is 258 g/mol. The van der Waals surface area contributed by atoms with E-state index in [1.807, 2.05) is 37.4 Å². The van der Waals surface area contributed by atoms with Gasteiger partial charge in [-0.2, -0.15) is 0 Å². The lowest BCUT2D eigenvalue weighted by Crippen LogP contribution is -2.22. The van der Waals surface area contributed by atoms with E-state index in [1.165, 1.54) is 4.90 Å². The molecule has 1 rings (SSSR count). The first-order valence-corrected chi connectivity index (χ1v) is 6.39. The topological polar surface area (TPSA) is 41.5 Å². The second-order valence-electron chi connectivity index (χ2n) is 3.46. The summed E-state index contributed by atoms with van der Waals surface area (Å²) in [6.45, 7) is 1.86. The molecule has 0 saturated carbocycles. The molecule has 0 bridgehead atoms. The molecule has 0 aliphatic heterocycles. The molecule has 0 radical (unpaired) electrons. The van der Waals surface area contributed by atoms with Crippen molar-refractivity contribution in [1.82, 2.24) is 5.32 Å². The smallest absolute Gasteiger partial charge is 0.0867 e. The molecular formula is C12H20ClNO2S. The second kappa shape index (κ2) is 10.9. The fourth-order valence-electron chi connectivity index (χ4n) is 1.15. The second-order valence-corrected chi connectivity index (χ2v) is 4.55. The molecule has 5 heteroatoms. The monoisotopic (exact) mass is 277 g/mol. The molecule has 0 amide bonds. The zero-order valence-electron chi connectivity index (χ0n) is 9.96. The molecule has 1 aromatic rings. The van der Waals surface area contributed by atoms with E-state index in [0.29, 0.717) is 19.0 Å². The summed E-state index contributed by atoms with van der Waals surface area (Å²) >= 11 is 1.65. The normalized spacial score (nSPS) is 11.9. The van der Waals surface area contributed by atoms with Crippen molar-refractivity contribution in [3.05, 3.63) is 30.3 Å². The molecule has 0 aromatic heterocycles. The number of benzene rings is 1. The van der Waals surface area contributed by atoms with Crippen LogP contribution in [0.15, 0.2) is 35.2 Å². The Kier molecular flexibility index (Phi) is 10.7. The Morgan fingerprint density at radius 2 is 2.06 bits per heavy atom. The van der Waals surface area contributed by atoms with Crippen molar-refractivity contribution >= 4 is 24.2 Å². The first-order chi connectivity index (χ1) is 7.83. The molecule has 3 nitrogen and oxygen atoms in total. The largest absolute Gasteiger partial charge is 0.390 e. The van der Waals surface area contributed by atoms with Crippen LogP contribution in [-0.2, 0) is 4.74 Å². The van der Waals surface area contributed by atoms with Gasteiger partial charge in [-0.05, 0) is 19.2 Å². The highest BCUT2D eigenvalue weighted by atomic mass is 35.5. The molecule has 98 valence electrons. The minimum Gasteiger partial charge on any atom is -0.390 e. The van der Waals surface area contributed by atoms with Crippen molar-refractivity contribution in [2.45, 2.75) is 11.0 Å². The van der Waals surface area contributed by atoms with Crippen molar-refractivity contribution in [2.24, 2.45) is 0 Å². The standard InChI is InChI=1S/C12H19NO2S.ClH/c1-13-7-8-15-9-11(14)10-16-12-5-3-2-4-6-12;/h2-6,11,13-14H,7-10H2,1H3;1H. The number of ether oxygens (including phenoxy) is 1. The average Bonchev–Trinajstić information content (AvgIpc) is 2.33. The molecule has 0 aliphatic carbocycles. The number of aliphatic hydroxyl groups excluding tert-OH is 1. The van der Waals surface area contributed by atoms with Crippen molar-refractivity contribution in [3.63, 3.8) is 0 Å². The summed E-state index contributed by atoms with van der Waals surface area (Å²) in [5.74, 6) is 0.670. The Morgan fingerprint density at radius 3 is 2.71 bits per heavy atom. The summed E-state index contributed by atoms with van der Waals surface area (Å²) in [5.41, 5.74) is 0. The van der Waals surface area contributed by atoms with Crippen molar-refractivity contribution < 1.29 is 9.84 Å². The number of halogens is 1. The van der Waals surface area contributed by atoms with Gasteiger partial charge in [0.1, 0.15) is 0 Å². The maximum Gasteiger partial charge on any atom is 0.0867 e. The first-order valence-electron chi connectivity index (χ1n) is 5.41. The highest BCUT2D eigenvalue weighted by molar-refractivity contribution is 7.99. The maximum atomic E-state index is 9.64. The molecule has 0 aliphatic rings. The Labute approximate surface area is 113 Å². The fraction of sp³-hybridized carbons (Fsp3) is 0.500. The van der Waals surface area contributed by atoms with Crippen LogP contribution in [0.2, 0.25) is 0 Å². The summed E-state index contributed by atoms with van der Waals surface area (Å²) in [5, 5.41) is 12.6. The van der Waals surface area contributed by atoms with Crippen LogP contribution in [-0.4, -0.2) is 43.8 Å². The van der Waals surface area contributed by atoms with Gasteiger partial charge in [0.2, 0.25) is 0 Å². The van der Waals surface area contributed by atoms with Crippen LogP contribution in [0.1, 0.15) is 0 Å². The van der Waals surface area contributed by atoms with Gasteiger partial charge in [0.05, 0.1) is 19.3 Å². The van der Waals surface area contributed by atoms with Gasteiger partial charge in [-0.3, -0.25) is 0 Å². The van der Waals surface area contributed by atoms with E-state index in [1.54, 1.807) is 11.8 Å². The van der Waals surface area contributed by atoms with Gasteiger partial charge >= 0.3 is 0 Å². The Balaban J connectivity index is 0.00000256. The Bertz CT molecular complexity index is 274. The number of aliphatic hydroxyl groups is 1. The first kappa shape index (κ1) is 16.7. The Morgan fingerprint density at radius 1 is 1.35 bits per heavy atom. The number of likely N-dealkylation sites (N-methyl/N-ethyl adjacent to an activating group) is 1. The van der Waals surface area contributed by atoms with Crippen molar-refractivity contribution in [3.8, 4) is 0 Å². The molecule has 1 atom stereocenters. The molecule has 1 aromatic carbocycles. The SMILES string of the molecule is CNCCOCC(O)CSc1ccccc1.Cl. The third kappa shape index (κ3) is 8.46. The van der Waals surface area contributed by atoms with Crippen molar-refractivity contribution in [1.29, 1.82) is 0 Å². The van der Waals surface area contributed by atoms with Gasteiger partial charge in [-0.1, -0.05) is 18.2 Å². The van der Waals surface area contributed by atoms with Gasteiger partial charge in [0, 0.05) is 17.2 Å². The van der Waals surface area contributed by atoms with E-state index in [9.17, 15) is 5.11 Å². The van der Waals surface area contributed by atoms with E-state index in [2.05, 4.69) is 5.32 Å². The summed E-state index contributed by atoms with van der Waals surface area (Å²) in [6.07, 6.45) is -0.401. The molecule has 0 heterocycles. The van der Waals surface area contributed by atoms with E-state index < -0.39 is 6.10 Å². The van der Waals surface area contributed by atoms with Crippen LogP contribution in [0.5, 0.6) is 0 Å². The number of hydrogen-bond donors (Lipinski definition) is 2. The highest BCUT2D eigenvalue weighted by Gasteiger charge is 2.04. The molecule has 0 saturated heterocycles. The van der Waals surface area contributed by atoms with Crippen LogP contribution in [0, 0.1) is 0 Å². The summed E-state index contributed by atoms with van der Waals surface area (Å²) in [4.78, 5) is 1.18. The third-order valence-electron chi connectivity index (χ3n) is 1.99. The predicted octanol–water partition coefficient (Wildman–Crippen LogP) is 1.80. The molecule has 17 heavy (non-hydrogen) atoms. The predicted molar refractivity (Wildman–Crippen MR) is 75.2 cm³/mol. The Hall–Kier alpha value is -0.260. The van der Waals surface area contributed by atoms with E-state index in [4.69, 9.17) is 4.74 Å². The van der Waals surface area contributed by atoms with Crippen LogP contribution in [0.3, 0.4) is 0 Å². The number of nitrogens with one attached hydrogen (secondary N) is 1. The zero-order valence-corrected chi connectivity index (χ0v) is 11.6. The zero-order chi connectivity index (χ0) is 11.6. The molecule has 1 unspecified atom stereocenters. The lowest BCUT2D eigenvalue weighted by molar-refractivity contribution is 0.0505. The van der Waals surface area contributed by atoms with E-state index >= 15 is 0 Å². The number of rotatable bonds is 8. The van der Waals surface area contributed by atoms with Crippen LogP contribution in [0.25, 0.3) is 0 Å². The van der Waals surface area contributed by atoms with Crippen LogP contribution in [0.4, 0.5) is 0 Å². The lowest BCUT2D eigenvalue weighted by Gasteiger charge is -2.10. The molecule has 2 N–H and O–H groups in total. The van der Waals surface area contributed by atoms with Crippen molar-refractivity contribution in [2.75, 3.05) is 32.6 Å². The van der Waals surface area contributed by atoms with Gasteiger partial charge in [0.15, 0.2) is 0 Å². The minimum atomic E-state index is -0.401. The average molecular weight is 278 g/mol. The molecule has 0 spiro atoms.